The van der Waals surface area contributed by atoms with E-state index >= 15 is 0 Å². The van der Waals surface area contributed by atoms with Crippen molar-refractivity contribution in [2.75, 3.05) is 18.4 Å². The van der Waals surface area contributed by atoms with Gasteiger partial charge in [0.1, 0.15) is 11.6 Å². The number of ether oxygens (including phenoxy) is 1. The van der Waals surface area contributed by atoms with E-state index in [9.17, 15) is 17.6 Å². The largest absolute Gasteiger partial charge is 0.483 e. The molecule has 0 aromatic heterocycles. The Labute approximate surface area is 181 Å². The van der Waals surface area contributed by atoms with Crippen LogP contribution in [0.4, 0.5) is 10.1 Å². The Bertz CT molecular complexity index is 1170. The number of carbonyl (C=O) groups excluding carboxylic acids is 1. The number of para-hydroxylation sites is 1. The Morgan fingerprint density at radius 2 is 1.71 bits per heavy atom. The molecule has 0 radical (unpaired) electrons. The molecule has 0 heterocycles. The van der Waals surface area contributed by atoms with Gasteiger partial charge in [0.2, 0.25) is 0 Å². The van der Waals surface area contributed by atoms with E-state index < -0.39 is 10.0 Å². The van der Waals surface area contributed by atoms with Crippen LogP contribution in [0.25, 0.3) is 0 Å². The van der Waals surface area contributed by atoms with E-state index in [1.807, 2.05) is 0 Å². The van der Waals surface area contributed by atoms with Crippen LogP contribution in [0.2, 0.25) is 0 Å². The van der Waals surface area contributed by atoms with Crippen molar-refractivity contribution in [3.05, 3.63) is 89.7 Å². The molecule has 1 N–H and O–H groups in total. The van der Waals surface area contributed by atoms with Gasteiger partial charge in [-0.2, -0.15) is 0 Å². The van der Waals surface area contributed by atoms with Gasteiger partial charge in [-0.3, -0.25) is 9.52 Å². The fraction of sp³-hybridized carbons (Fsp3) is 0.174. The maximum Gasteiger partial charge on any atom is 0.261 e. The highest BCUT2D eigenvalue weighted by molar-refractivity contribution is 7.92. The van der Waals surface area contributed by atoms with Crippen LogP contribution in [-0.4, -0.2) is 32.9 Å². The predicted octanol–water partition coefficient (Wildman–Crippen LogP) is 3.97. The minimum absolute atomic E-state index is 0.0872. The molecule has 0 fully saturated rings. The summed E-state index contributed by atoms with van der Waals surface area (Å²) < 4.78 is 47.0. The highest BCUT2D eigenvalue weighted by Crippen LogP contribution is 2.23. The SMILES string of the molecule is Cc1cc(S(=O)(=O)Nc2ccccc2)ccc1OCC(=O)N(C)Cc1ccccc1F. The number of carbonyl (C=O) groups is 1. The monoisotopic (exact) mass is 442 g/mol. The second kappa shape index (κ2) is 9.61. The molecule has 0 bridgehead atoms. The van der Waals surface area contributed by atoms with Crippen molar-refractivity contribution < 1.29 is 22.3 Å². The number of sulfonamides is 1. The summed E-state index contributed by atoms with van der Waals surface area (Å²) in [5.74, 6) is -0.309. The summed E-state index contributed by atoms with van der Waals surface area (Å²) in [5, 5.41) is 0. The molecule has 162 valence electrons. The van der Waals surface area contributed by atoms with Gasteiger partial charge in [-0.05, 0) is 48.9 Å². The Morgan fingerprint density at radius 3 is 2.39 bits per heavy atom. The lowest BCUT2D eigenvalue weighted by atomic mass is 10.2. The summed E-state index contributed by atoms with van der Waals surface area (Å²) in [6.07, 6.45) is 0. The van der Waals surface area contributed by atoms with Crippen LogP contribution < -0.4 is 9.46 Å². The van der Waals surface area contributed by atoms with E-state index in [-0.39, 0.29) is 29.8 Å². The number of hydrogen-bond acceptors (Lipinski definition) is 4. The molecular formula is C23H23FN2O4S. The van der Waals surface area contributed by atoms with Crippen molar-refractivity contribution in [2.24, 2.45) is 0 Å². The molecule has 0 aliphatic rings. The number of likely N-dealkylation sites (N-methyl/N-ethyl adjacent to an activating group) is 1. The predicted molar refractivity (Wildman–Crippen MR) is 117 cm³/mol. The molecule has 8 heteroatoms. The Balaban J connectivity index is 1.62. The third-order valence-corrected chi connectivity index (χ3v) is 6.00. The molecule has 3 rings (SSSR count). The molecule has 3 aromatic rings. The lowest BCUT2D eigenvalue weighted by molar-refractivity contribution is -0.132. The lowest BCUT2D eigenvalue weighted by Gasteiger charge is -2.18. The van der Waals surface area contributed by atoms with Gasteiger partial charge < -0.3 is 9.64 Å². The number of aryl methyl sites for hydroxylation is 1. The molecule has 3 aromatic carbocycles. The van der Waals surface area contributed by atoms with Gasteiger partial charge in [-0.25, -0.2) is 12.8 Å². The number of rotatable bonds is 8. The molecule has 0 aliphatic heterocycles. The minimum Gasteiger partial charge on any atom is -0.483 e. The molecule has 1 amide bonds. The quantitative estimate of drug-likeness (QED) is 0.573. The molecule has 31 heavy (non-hydrogen) atoms. The van der Waals surface area contributed by atoms with Crippen LogP contribution in [0.15, 0.2) is 77.7 Å². The van der Waals surface area contributed by atoms with Gasteiger partial charge in [-0.1, -0.05) is 36.4 Å². The Kier molecular flexibility index (Phi) is 6.91. The Hall–Kier alpha value is -3.39. The third kappa shape index (κ3) is 5.82. The van der Waals surface area contributed by atoms with E-state index in [1.54, 1.807) is 62.5 Å². The van der Waals surface area contributed by atoms with E-state index in [0.29, 0.717) is 22.6 Å². The maximum absolute atomic E-state index is 13.8. The minimum atomic E-state index is -3.75. The first-order valence-corrected chi connectivity index (χ1v) is 11.0. The first-order valence-electron chi connectivity index (χ1n) is 9.55. The number of amides is 1. The number of hydrogen-bond donors (Lipinski definition) is 1. The summed E-state index contributed by atoms with van der Waals surface area (Å²) in [6.45, 7) is 1.57. The second-order valence-electron chi connectivity index (χ2n) is 7.03. The van der Waals surface area contributed by atoms with Gasteiger partial charge in [0.25, 0.3) is 15.9 Å². The lowest BCUT2D eigenvalue weighted by Crippen LogP contribution is -2.31. The first kappa shape index (κ1) is 22.3. The van der Waals surface area contributed by atoms with Gasteiger partial charge in [0, 0.05) is 24.8 Å². The average Bonchev–Trinajstić information content (AvgIpc) is 2.74. The van der Waals surface area contributed by atoms with Crippen LogP contribution in [0.5, 0.6) is 5.75 Å². The zero-order valence-corrected chi connectivity index (χ0v) is 18.0. The average molecular weight is 443 g/mol. The number of benzene rings is 3. The number of halogens is 1. The highest BCUT2D eigenvalue weighted by atomic mass is 32.2. The summed E-state index contributed by atoms with van der Waals surface area (Å²) >= 11 is 0. The smallest absolute Gasteiger partial charge is 0.261 e. The number of nitrogens with zero attached hydrogens (tertiary/aromatic N) is 1. The molecule has 0 spiro atoms. The van der Waals surface area contributed by atoms with Gasteiger partial charge in [0.05, 0.1) is 4.90 Å². The molecule has 0 atom stereocenters. The molecular weight excluding hydrogens is 419 g/mol. The molecule has 0 unspecified atom stereocenters. The van der Waals surface area contributed by atoms with Gasteiger partial charge >= 0.3 is 0 Å². The van der Waals surface area contributed by atoms with Crippen molar-refractivity contribution >= 4 is 21.6 Å². The Morgan fingerprint density at radius 1 is 1.03 bits per heavy atom. The highest BCUT2D eigenvalue weighted by Gasteiger charge is 2.17. The fourth-order valence-corrected chi connectivity index (χ4v) is 4.03. The van der Waals surface area contributed by atoms with E-state index in [4.69, 9.17) is 4.74 Å². The zero-order chi connectivity index (χ0) is 22.4. The van der Waals surface area contributed by atoms with E-state index in [1.165, 1.54) is 29.2 Å². The maximum atomic E-state index is 13.8. The van der Waals surface area contributed by atoms with Crippen molar-refractivity contribution in [2.45, 2.75) is 18.4 Å². The first-order chi connectivity index (χ1) is 14.8. The fourth-order valence-electron chi connectivity index (χ4n) is 2.89. The van der Waals surface area contributed by atoms with Gasteiger partial charge in [0.15, 0.2) is 6.61 Å². The van der Waals surface area contributed by atoms with Crippen LogP contribution >= 0.6 is 0 Å². The second-order valence-corrected chi connectivity index (χ2v) is 8.71. The van der Waals surface area contributed by atoms with Crippen LogP contribution in [0.1, 0.15) is 11.1 Å². The van der Waals surface area contributed by atoms with E-state index in [2.05, 4.69) is 4.72 Å². The summed E-state index contributed by atoms with van der Waals surface area (Å²) in [4.78, 5) is 13.8. The van der Waals surface area contributed by atoms with Crippen molar-refractivity contribution in [3.63, 3.8) is 0 Å². The molecule has 0 aliphatic carbocycles. The standard InChI is InChI=1S/C23H23FN2O4S/c1-17-14-20(31(28,29)25-19-9-4-3-5-10-19)12-13-22(17)30-16-23(27)26(2)15-18-8-6-7-11-21(18)24/h3-14,25H,15-16H2,1-2H3. The summed E-state index contributed by atoms with van der Waals surface area (Å²) in [6, 6.07) is 19.3. The topological polar surface area (TPSA) is 75.7 Å². The van der Waals surface area contributed by atoms with Crippen molar-refractivity contribution in [1.29, 1.82) is 0 Å². The number of anilines is 1. The summed E-state index contributed by atoms with van der Waals surface area (Å²) in [5.41, 5.74) is 1.44. The van der Waals surface area contributed by atoms with Crippen LogP contribution in [-0.2, 0) is 21.4 Å². The third-order valence-electron chi connectivity index (χ3n) is 4.62. The molecule has 0 saturated heterocycles. The zero-order valence-electron chi connectivity index (χ0n) is 17.2. The normalized spacial score (nSPS) is 11.1. The van der Waals surface area contributed by atoms with E-state index in [0.717, 1.165) is 0 Å². The van der Waals surface area contributed by atoms with Crippen molar-refractivity contribution in [3.8, 4) is 5.75 Å². The molecule has 6 nitrogen and oxygen atoms in total. The van der Waals surface area contributed by atoms with Gasteiger partial charge in [-0.15, -0.1) is 0 Å². The number of nitrogens with one attached hydrogen (secondary N) is 1. The van der Waals surface area contributed by atoms with Crippen molar-refractivity contribution in [1.82, 2.24) is 4.90 Å². The summed E-state index contributed by atoms with van der Waals surface area (Å²) in [7, 11) is -2.19. The van der Waals surface area contributed by atoms with Crippen LogP contribution in [0, 0.1) is 12.7 Å². The van der Waals surface area contributed by atoms with Crippen LogP contribution in [0.3, 0.4) is 0 Å². The molecule has 0 saturated carbocycles.